The van der Waals surface area contributed by atoms with Gasteiger partial charge >= 0.3 is 0 Å². The van der Waals surface area contributed by atoms with Gasteiger partial charge in [-0.15, -0.1) is 0 Å². The number of hydrogen-bond acceptors (Lipinski definition) is 4. The number of fused-ring (bicyclic) bond motifs is 1. The van der Waals surface area contributed by atoms with E-state index in [9.17, 15) is 5.26 Å². The molecule has 1 heterocycles. The van der Waals surface area contributed by atoms with Crippen molar-refractivity contribution in [2.45, 2.75) is 88.3 Å². The van der Waals surface area contributed by atoms with Crippen LogP contribution in [-0.2, 0) is 0 Å². The van der Waals surface area contributed by atoms with Gasteiger partial charge in [-0.2, -0.15) is 5.26 Å². The Morgan fingerprint density at radius 1 is 1.06 bits per heavy atom. The molecule has 2 aliphatic rings. The number of rotatable bonds is 8. The van der Waals surface area contributed by atoms with Crippen LogP contribution in [0.4, 0.5) is 0 Å². The lowest BCUT2D eigenvalue weighted by atomic mass is 9.87. The molecule has 190 valence electrons. The van der Waals surface area contributed by atoms with Gasteiger partial charge in [0.1, 0.15) is 5.75 Å². The van der Waals surface area contributed by atoms with Gasteiger partial charge in [-0.25, -0.2) is 0 Å². The van der Waals surface area contributed by atoms with Gasteiger partial charge in [-0.05, 0) is 92.9 Å². The molecule has 0 aliphatic heterocycles. The quantitative estimate of drug-likeness (QED) is 0.387. The van der Waals surface area contributed by atoms with E-state index in [1.165, 1.54) is 54.1 Å². The third-order valence-electron chi connectivity index (χ3n) is 8.47. The molecule has 1 aromatic heterocycles. The summed E-state index contributed by atoms with van der Waals surface area (Å²) in [5.74, 6) is 1.11. The molecule has 0 saturated heterocycles. The molecule has 5 nitrogen and oxygen atoms in total. The number of methoxy groups -OCH3 is 1. The number of benzene rings is 2. The Labute approximate surface area is 215 Å². The second-order valence-electron chi connectivity index (χ2n) is 10.8. The van der Waals surface area contributed by atoms with Crippen LogP contribution in [0.2, 0.25) is 0 Å². The third-order valence-corrected chi connectivity index (χ3v) is 8.47. The summed E-state index contributed by atoms with van der Waals surface area (Å²) in [6.45, 7) is 0.954. The van der Waals surface area contributed by atoms with Crippen molar-refractivity contribution in [1.82, 2.24) is 9.88 Å². The highest BCUT2D eigenvalue weighted by Gasteiger charge is 2.25. The summed E-state index contributed by atoms with van der Waals surface area (Å²) in [5.41, 5.74) is 10.7. The van der Waals surface area contributed by atoms with Crippen LogP contribution in [0.3, 0.4) is 0 Å². The van der Waals surface area contributed by atoms with Gasteiger partial charge in [0, 0.05) is 41.1 Å². The average Bonchev–Trinajstić information content (AvgIpc) is 3.31. The minimum Gasteiger partial charge on any atom is -0.497 e. The number of nitrogens with one attached hydrogen (secondary N) is 1. The highest BCUT2D eigenvalue weighted by molar-refractivity contribution is 5.86. The summed E-state index contributed by atoms with van der Waals surface area (Å²) in [7, 11) is 1.73. The molecule has 2 aliphatic carbocycles. The van der Waals surface area contributed by atoms with Crippen molar-refractivity contribution in [3.63, 3.8) is 0 Å². The number of ether oxygens (including phenoxy) is 1. The van der Waals surface area contributed by atoms with Crippen LogP contribution in [-0.4, -0.2) is 30.3 Å². The van der Waals surface area contributed by atoms with Gasteiger partial charge in [-0.3, -0.25) is 0 Å². The lowest BCUT2D eigenvalue weighted by molar-refractivity contribution is 0.340. The van der Waals surface area contributed by atoms with Crippen molar-refractivity contribution in [1.29, 1.82) is 5.26 Å². The maximum Gasteiger partial charge on any atom is 0.119 e. The van der Waals surface area contributed by atoms with Gasteiger partial charge in [0.25, 0.3) is 0 Å². The number of aromatic nitrogens is 1. The molecule has 2 aromatic carbocycles. The molecule has 0 amide bonds. The van der Waals surface area contributed by atoms with Crippen molar-refractivity contribution in [2.24, 2.45) is 5.73 Å². The molecule has 1 unspecified atom stereocenters. The predicted molar refractivity (Wildman–Crippen MR) is 146 cm³/mol. The zero-order valence-electron chi connectivity index (χ0n) is 21.6. The van der Waals surface area contributed by atoms with E-state index in [0.717, 1.165) is 50.0 Å². The molecule has 5 rings (SSSR count). The zero-order valence-corrected chi connectivity index (χ0v) is 21.6. The van der Waals surface area contributed by atoms with Crippen LogP contribution in [0.15, 0.2) is 48.7 Å². The average molecular weight is 485 g/mol. The van der Waals surface area contributed by atoms with Crippen LogP contribution in [0.5, 0.6) is 5.75 Å². The number of hydrogen-bond donors (Lipinski definition) is 2. The Morgan fingerprint density at radius 2 is 1.86 bits per heavy atom. The Hall–Kier alpha value is -2.81. The SMILES string of the molecule is COc1cccc(C(CCN[C@H]2CC[C@H](N)CC2)c2cn(C3CCCCC3)c3ccc(C#N)cc23)c1. The molecule has 0 radical (unpaired) electrons. The summed E-state index contributed by atoms with van der Waals surface area (Å²) < 4.78 is 8.12. The van der Waals surface area contributed by atoms with Crippen LogP contribution in [0.25, 0.3) is 10.9 Å². The van der Waals surface area contributed by atoms with E-state index in [1.54, 1.807) is 7.11 Å². The lowest BCUT2D eigenvalue weighted by Crippen LogP contribution is -2.38. The molecule has 2 saturated carbocycles. The molecule has 0 spiro atoms. The van der Waals surface area contributed by atoms with E-state index in [1.807, 2.05) is 12.1 Å². The Kier molecular flexibility index (Phi) is 7.94. The van der Waals surface area contributed by atoms with Crippen LogP contribution in [0, 0.1) is 11.3 Å². The summed E-state index contributed by atoms with van der Waals surface area (Å²) >= 11 is 0. The van der Waals surface area contributed by atoms with Crippen LogP contribution in [0.1, 0.15) is 92.9 Å². The number of nitriles is 1. The normalized spacial score (nSPS) is 21.8. The maximum atomic E-state index is 9.68. The van der Waals surface area contributed by atoms with E-state index < -0.39 is 0 Å². The summed E-state index contributed by atoms with van der Waals surface area (Å²) in [6.07, 6.45) is 14.4. The van der Waals surface area contributed by atoms with Gasteiger partial charge in [0.15, 0.2) is 0 Å². The van der Waals surface area contributed by atoms with Crippen molar-refractivity contribution >= 4 is 10.9 Å². The smallest absolute Gasteiger partial charge is 0.119 e. The molecule has 5 heteroatoms. The Bertz CT molecular complexity index is 1190. The van der Waals surface area contributed by atoms with E-state index in [2.05, 4.69) is 52.5 Å². The maximum absolute atomic E-state index is 9.68. The van der Waals surface area contributed by atoms with Gasteiger partial charge in [-0.1, -0.05) is 31.4 Å². The van der Waals surface area contributed by atoms with Crippen molar-refractivity contribution in [3.8, 4) is 11.8 Å². The van der Waals surface area contributed by atoms with E-state index in [0.29, 0.717) is 18.1 Å². The molecule has 3 aromatic rings. The molecule has 0 bridgehead atoms. The van der Waals surface area contributed by atoms with E-state index in [-0.39, 0.29) is 5.92 Å². The second kappa shape index (κ2) is 11.5. The number of nitrogens with two attached hydrogens (primary N) is 1. The number of nitrogens with zero attached hydrogens (tertiary/aromatic N) is 2. The van der Waals surface area contributed by atoms with Crippen LogP contribution >= 0.6 is 0 Å². The van der Waals surface area contributed by atoms with E-state index in [4.69, 9.17) is 10.5 Å². The molecule has 3 N–H and O–H groups in total. The lowest BCUT2D eigenvalue weighted by Gasteiger charge is -2.28. The first-order valence-electron chi connectivity index (χ1n) is 13.8. The van der Waals surface area contributed by atoms with Crippen LogP contribution < -0.4 is 15.8 Å². The minimum atomic E-state index is 0.222. The molecule has 2 fully saturated rings. The minimum absolute atomic E-state index is 0.222. The Morgan fingerprint density at radius 3 is 2.61 bits per heavy atom. The van der Waals surface area contributed by atoms with Gasteiger partial charge < -0.3 is 20.4 Å². The summed E-state index contributed by atoms with van der Waals surface area (Å²) in [5, 5.41) is 14.7. The fourth-order valence-electron chi connectivity index (χ4n) is 6.40. The fourth-order valence-corrected chi connectivity index (χ4v) is 6.40. The third kappa shape index (κ3) is 5.45. The summed E-state index contributed by atoms with van der Waals surface area (Å²) in [4.78, 5) is 0. The predicted octanol–water partition coefficient (Wildman–Crippen LogP) is 6.41. The first-order chi connectivity index (χ1) is 17.7. The van der Waals surface area contributed by atoms with Crippen molar-refractivity contribution < 1.29 is 4.74 Å². The standard InChI is InChI=1S/C31H40N4O/c1-36-27-9-5-6-23(19-27)28(16-17-34-25-13-11-24(33)12-14-25)30-21-35(26-7-3-2-4-8-26)31-15-10-22(20-32)18-29(30)31/h5-6,9-10,15,18-19,21,24-26,28,34H,2-4,7-8,11-14,16-17,33H2,1H3/t24-,25-,28?. The molecular formula is C31H40N4O. The molecule has 36 heavy (non-hydrogen) atoms. The molecule has 1 atom stereocenters. The topological polar surface area (TPSA) is 76.0 Å². The largest absolute Gasteiger partial charge is 0.497 e. The van der Waals surface area contributed by atoms with E-state index >= 15 is 0 Å². The zero-order chi connectivity index (χ0) is 24.9. The first-order valence-corrected chi connectivity index (χ1v) is 13.8. The second-order valence-corrected chi connectivity index (χ2v) is 10.8. The van der Waals surface area contributed by atoms with Gasteiger partial charge in [0.05, 0.1) is 18.7 Å². The fraction of sp³-hybridized carbons (Fsp3) is 0.516. The highest BCUT2D eigenvalue weighted by atomic mass is 16.5. The molecular weight excluding hydrogens is 444 g/mol. The van der Waals surface area contributed by atoms with Crippen molar-refractivity contribution in [2.75, 3.05) is 13.7 Å². The monoisotopic (exact) mass is 484 g/mol. The van der Waals surface area contributed by atoms with Crippen molar-refractivity contribution in [3.05, 3.63) is 65.4 Å². The Balaban J connectivity index is 1.51. The highest BCUT2D eigenvalue weighted by Crippen LogP contribution is 2.40. The van der Waals surface area contributed by atoms with Gasteiger partial charge in [0.2, 0.25) is 0 Å². The summed E-state index contributed by atoms with van der Waals surface area (Å²) in [6, 6.07) is 18.6. The first kappa shape index (κ1) is 24.9.